The lowest BCUT2D eigenvalue weighted by atomic mass is 10.1. The molecule has 1 aliphatic carbocycles. The number of hydrogen-bond donors (Lipinski definition) is 2. The Hall–Kier alpha value is -0.960. The van der Waals surface area contributed by atoms with Gasteiger partial charge in [0.25, 0.3) is 6.43 Å². The van der Waals surface area contributed by atoms with Gasteiger partial charge in [-0.3, -0.25) is 0 Å². The molecule has 9 heteroatoms. The molecule has 1 aromatic rings. The van der Waals surface area contributed by atoms with Crippen molar-refractivity contribution < 1.29 is 21.9 Å². The Balaban J connectivity index is 0.00000264. The minimum Gasteiger partial charge on any atom is -0.488 e. The Morgan fingerprint density at radius 2 is 1.91 bits per heavy atom. The molecule has 0 spiro atoms. The van der Waals surface area contributed by atoms with E-state index < -0.39 is 23.1 Å². The molecule has 2 rings (SSSR count). The van der Waals surface area contributed by atoms with E-state index in [0.717, 1.165) is 19.3 Å². The molecule has 0 radical (unpaired) electrons. The first-order valence-corrected chi connectivity index (χ1v) is 8.64. The van der Waals surface area contributed by atoms with Gasteiger partial charge in [0.05, 0.1) is 4.90 Å². The highest BCUT2D eigenvalue weighted by Gasteiger charge is 2.30. The van der Waals surface area contributed by atoms with Crippen LogP contribution >= 0.6 is 12.4 Å². The molecule has 1 aliphatic rings. The van der Waals surface area contributed by atoms with Crippen molar-refractivity contribution in [2.45, 2.75) is 36.6 Å². The van der Waals surface area contributed by atoms with E-state index in [0.29, 0.717) is 6.54 Å². The van der Waals surface area contributed by atoms with Crippen LogP contribution in [-0.4, -0.2) is 34.0 Å². The van der Waals surface area contributed by atoms with Crippen molar-refractivity contribution >= 4 is 22.4 Å². The average molecular weight is 371 g/mol. The second-order valence-electron chi connectivity index (χ2n) is 5.33. The predicted octanol–water partition coefficient (Wildman–Crippen LogP) is 2.16. The molecule has 0 aromatic heterocycles. The standard InChI is InChI=1S/C14H20F2N2O3S.ClH/c15-14(16)9-21-11-4-6-12(7-5-11)22(19,20)18-13-3-1-2-10(13)8-17;/h4-7,10,13-14,18H,1-3,8-9,17H2;1H. The Labute approximate surface area is 141 Å². The highest BCUT2D eigenvalue weighted by Crippen LogP contribution is 2.26. The van der Waals surface area contributed by atoms with Crippen molar-refractivity contribution in [2.24, 2.45) is 11.7 Å². The number of sulfonamides is 1. The van der Waals surface area contributed by atoms with E-state index in [1.165, 1.54) is 24.3 Å². The molecule has 0 saturated heterocycles. The molecular weight excluding hydrogens is 350 g/mol. The summed E-state index contributed by atoms with van der Waals surface area (Å²) < 4.78 is 56.2. The molecule has 23 heavy (non-hydrogen) atoms. The number of ether oxygens (including phenoxy) is 1. The molecule has 2 atom stereocenters. The fourth-order valence-electron chi connectivity index (χ4n) is 2.62. The van der Waals surface area contributed by atoms with Gasteiger partial charge in [0, 0.05) is 6.04 Å². The SMILES string of the molecule is Cl.NCC1CCCC1NS(=O)(=O)c1ccc(OCC(F)F)cc1. The molecule has 0 bridgehead atoms. The summed E-state index contributed by atoms with van der Waals surface area (Å²) in [7, 11) is -3.64. The fourth-order valence-corrected chi connectivity index (χ4v) is 3.96. The van der Waals surface area contributed by atoms with Crippen LogP contribution in [0.3, 0.4) is 0 Å². The number of halogens is 3. The van der Waals surface area contributed by atoms with Crippen LogP contribution in [0.25, 0.3) is 0 Å². The van der Waals surface area contributed by atoms with E-state index >= 15 is 0 Å². The third kappa shape index (κ3) is 5.56. The Bertz CT molecular complexity index is 584. The summed E-state index contributed by atoms with van der Waals surface area (Å²) in [6.45, 7) is -0.266. The van der Waals surface area contributed by atoms with Gasteiger partial charge < -0.3 is 10.5 Å². The van der Waals surface area contributed by atoms with E-state index in [1.54, 1.807) is 0 Å². The minimum absolute atomic E-state index is 0. The van der Waals surface area contributed by atoms with Crippen molar-refractivity contribution in [3.63, 3.8) is 0 Å². The van der Waals surface area contributed by atoms with Crippen LogP contribution in [0.2, 0.25) is 0 Å². The lowest BCUT2D eigenvalue weighted by molar-refractivity contribution is 0.0819. The van der Waals surface area contributed by atoms with Crippen LogP contribution in [0, 0.1) is 5.92 Å². The summed E-state index contributed by atoms with van der Waals surface area (Å²) >= 11 is 0. The first kappa shape index (κ1) is 20.1. The van der Waals surface area contributed by atoms with E-state index in [4.69, 9.17) is 10.5 Å². The van der Waals surface area contributed by atoms with Crippen LogP contribution in [0.5, 0.6) is 5.75 Å². The second-order valence-corrected chi connectivity index (χ2v) is 7.04. The van der Waals surface area contributed by atoms with Crippen LogP contribution in [0.15, 0.2) is 29.2 Å². The van der Waals surface area contributed by atoms with Gasteiger partial charge in [0.1, 0.15) is 12.4 Å². The highest BCUT2D eigenvalue weighted by molar-refractivity contribution is 7.89. The predicted molar refractivity (Wildman–Crippen MR) is 85.7 cm³/mol. The number of rotatable bonds is 7. The average Bonchev–Trinajstić information content (AvgIpc) is 2.92. The number of hydrogen-bond acceptors (Lipinski definition) is 4. The molecule has 2 unspecified atom stereocenters. The molecular formula is C14H21ClF2N2O3S. The van der Waals surface area contributed by atoms with Crippen molar-refractivity contribution in [1.29, 1.82) is 0 Å². The van der Waals surface area contributed by atoms with E-state index in [9.17, 15) is 17.2 Å². The lowest BCUT2D eigenvalue weighted by Gasteiger charge is -2.19. The Morgan fingerprint density at radius 3 is 2.48 bits per heavy atom. The molecule has 1 fully saturated rings. The van der Waals surface area contributed by atoms with Crippen molar-refractivity contribution in [1.82, 2.24) is 4.72 Å². The van der Waals surface area contributed by atoms with Gasteiger partial charge in [-0.2, -0.15) is 0 Å². The topological polar surface area (TPSA) is 81.4 Å². The minimum atomic E-state index is -3.64. The van der Waals surface area contributed by atoms with Crippen LogP contribution in [0.1, 0.15) is 19.3 Å². The van der Waals surface area contributed by atoms with Gasteiger partial charge in [-0.25, -0.2) is 21.9 Å². The zero-order chi connectivity index (χ0) is 16.2. The summed E-state index contributed by atoms with van der Waals surface area (Å²) in [6, 6.07) is 5.27. The number of nitrogens with one attached hydrogen (secondary N) is 1. The van der Waals surface area contributed by atoms with E-state index in [-0.39, 0.29) is 35.0 Å². The first-order chi connectivity index (χ1) is 10.4. The maximum absolute atomic E-state index is 12.3. The molecule has 0 aliphatic heterocycles. The quantitative estimate of drug-likeness (QED) is 0.770. The zero-order valence-electron chi connectivity index (χ0n) is 12.5. The van der Waals surface area contributed by atoms with Gasteiger partial charge in [-0.05, 0) is 49.6 Å². The van der Waals surface area contributed by atoms with Gasteiger partial charge in [0.15, 0.2) is 0 Å². The monoisotopic (exact) mass is 370 g/mol. The van der Waals surface area contributed by atoms with Gasteiger partial charge in [-0.15, -0.1) is 12.4 Å². The maximum Gasteiger partial charge on any atom is 0.272 e. The van der Waals surface area contributed by atoms with Crippen molar-refractivity contribution in [3.05, 3.63) is 24.3 Å². The smallest absolute Gasteiger partial charge is 0.272 e. The molecule has 0 heterocycles. The Kier molecular flexibility index (Phi) is 7.66. The number of benzene rings is 1. The summed E-state index contributed by atoms with van der Waals surface area (Å²) in [5.41, 5.74) is 5.65. The highest BCUT2D eigenvalue weighted by atomic mass is 35.5. The molecule has 1 aromatic carbocycles. The summed E-state index contributed by atoms with van der Waals surface area (Å²) in [5, 5.41) is 0. The molecule has 3 N–H and O–H groups in total. The van der Waals surface area contributed by atoms with Crippen LogP contribution in [-0.2, 0) is 10.0 Å². The van der Waals surface area contributed by atoms with Gasteiger partial charge in [0.2, 0.25) is 10.0 Å². The number of alkyl halides is 2. The van der Waals surface area contributed by atoms with E-state index in [2.05, 4.69) is 4.72 Å². The van der Waals surface area contributed by atoms with Gasteiger partial charge in [-0.1, -0.05) is 6.42 Å². The number of nitrogens with two attached hydrogens (primary N) is 1. The summed E-state index contributed by atoms with van der Waals surface area (Å²) in [5.74, 6) is 0.364. The fraction of sp³-hybridized carbons (Fsp3) is 0.571. The second kappa shape index (κ2) is 8.77. The van der Waals surface area contributed by atoms with Crippen LogP contribution in [0.4, 0.5) is 8.78 Å². The van der Waals surface area contributed by atoms with Crippen molar-refractivity contribution in [2.75, 3.05) is 13.2 Å². The zero-order valence-corrected chi connectivity index (χ0v) is 14.1. The third-order valence-electron chi connectivity index (χ3n) is 3.78. The first-order valence-electron chi connectivity index (χ1n) is 7.16. The van der Waals surface area contributed by atoms with Crippen molar-refractivity contribution in [3.8, 4) is 5.75 Å². The third-order valence-corrected chi connectivity index (χ3v) is 5.28. The normalized spacial score (nSPS) is 21.2. The maximum atomic E-state index is 12.3. The largest absolute Gasteiger partial charge is 0.488 e. The summed E-state index contributed by atoms with van der Waals surface area (Å²) in [6.07, 6.45) is 0.0802. The van der Waals surface area contributed by atoms with Gasteiger partial charge >= 0.3 is 0 Å². The molecule has 0 amide bonds. The molecule has 132 valence electrons. The van der Waals surface area contributed by atoms with E-state index in [1.807, 2.05) is 0 Å². The summed E-state index contributed by atoms with van der Waals surface area (Å²) in [4.78, 5) is 0.0829. The lowest BCUT2D eigenvalue weighted by Crippen LogP contribution is -2.39. The Morgan fingerprint density at radius 1 is 1.26 bits per heavy atom. The molecule has 5 nitrogen and oxygen atoms in total. The molecule has 1 saturated carbocycles. The van der Waals surface area contributed by atoms with Crippen LogP contribution < -0.4 is 15.2 Å².